The molecule has 1 aliphatic heterocycles. The lowest BCUT2D eigenvalue weighted by Crippen LogP contribution is -2.62. The first-order valence-electron chi connectivity index (χ1n) is 7.02. The van der Waals surface area contributed by atoms with Crippen LogP contribution in [0.1, 0.15) is 26.3 Å². The van der Waals surface area contributed by atoms with Crippen LogP contribution in [0.5, 0.6) is 0 Å². The number of carbonyl (C=O) groups excluding carboxylic acids is 1. The Morgan fingerprint density at radius 1 is 1.45 bits per heavy atom. The topological polar surface area (TPSA) is 44.4 Å². The van der Waals surface area contributed by atoms with Crippen LogP contribution < -0.4 is 15.5 Å². The molecule has 20 heavy (non-hydrogen) atoms. The summed E-state index contributed by atoms with van der Waals surface area (Å²) in [5, 5.41) is 6.87. The van der Waals surface area contributed by atoms with Crippen molar-refractivity contribution in [1.29, 1.82) is 0 Å². The maximum atomic E-state index is 12.0. The molecule has 1 fully saturated rings. The number of hydrogen-bond donors (Lipinski definition) is 2. The molecule has 4 nitrogen and oxygen atoms in total. The second kappa shape index (κ2) is 6.02. The lowest BCUT2D eigenvalue weighted by atomic mass is 9.97. The molecule has 1 saturated heterocycles. The summed E-state index contributed by atoms with van der Waals surface area (Å²) in [7, 11) is 0. The van der Waals surface area contributed by atoms with E-state index in [1.54, 1.807) is 0 Å². The van der Waals surface area contributed by atoms with Crippen LogP contribution in [0.2, 0.25) is 5.02 Å². The van der Waals surface area contributed by atoms with Crippen LogP contribution in [0.4, 0.5) is 5.69 Å². The van der Waals surface area contributed by atoms with Gasteiger partial charge in [-0.05, 0) is 38.1 Å². The van der Waals surface area contributed by atoms with Crippen LogP contribution in [-0.2, 0) is 11.3 Å². The molecule has 1 aromatic rings. The zero-order valence-electron chi connectivity index (χ0n) is 12.3. The Bertz CT molecular complexity index is 502. The average molecular weight is 296 g/mol. The fourth-order valence-corrected chi connectivity index (χ4v) is 2.77. The van der Waals surface area contributed by atoms with Gasteiger partial charge in [-0.2, -0.15) is 0 Å². The molecule has 0 atom stereocenters. The summed E-state index contributed by atoms with van der Waals surface area (Å²) in [6.07, 6.45) is 0. The number of carbonyl (C=O) groups is 1. The van der Waals surface area contributed by atoms with Crippen molar-refractivity contribution in [3.05, 3.63) is 28.8 Å². The van der Waals surface area contributed by atoms with Gasteiger partial charge in [-0.3, -0.25) is 4.79 Å². The summed E-state index contributed by atoms with van der Waals surface area (Å²) in [5.41, 5.74) is 1.50. The van der Waals surface area contributed by atoms with E-state index in [1.807, 2.05) is 26.0 Å². The van der Waals surface area contributed by atoms with Crippen molar-refractivity contribution in [2.24, 2.45) is 0 Å². The molecular formula is C15H22ClN3O. The van der Waals surface area contributed by atoms with Crippen LogP contribution in [0.3, 0.4) is 0 Å². The van der Waals surface area contributed by atoms with E-state index in [0.717, 1.165) is 30.9 Å². The molecule has 1 heterocycles. The largest absolute Gasteiger partial charge is 0.355 e. The van der Waals surface area contributed by atoms with E-state index < -0.39 is 5.54 Å². The van der Waals surface area contributed by atoms with E-state index in [2.05, 4.69) is 28.5 Å². The second-order valence-electron chi connectivity index (χ2n) is 5.53. The summed E-state index contributed by atoms with van der Waals surface area (Å²) in [4.78, 5) is 14.1. The van der Waals surface area contributed by atoms with Gasteiger partial charge in [-0.15, -0.1) is 0 Å². The van der Waals surface area contributed by atoms with E-state index in [-0.39, 0.29) is 5.91 Å². The highest BCUT2D eigenvalue weighted by Crippen LogP contribution is 2.33. The van der Waals surface area contributed by atoms with Gasteiger partial charge < -0.3 is 15.5 Å². The third kappa shape index (κ3) is 2.91. The van der Waals surface area contributed by atoms with Crippen molar-refractivity contribution in [2.45, 2.75) is 32.9 Å². The Labute approximate surface area is 125 Å². The van der Waals surface area contributed by atoms with E-state index in [4.69, 9.17) is 11.6 Å². The Morgan fingerprint density at radius 2 is 2.20 bits per heavy atom. The summed E-state index contributed by atoms with van der Waals surface area (Å²) < 4.78 is 0. The predicted octanol–water partition coefficient (Wildman–Crippen LogP) is 2.16. The molecular weight excluding hydrogens is 274 g/mol. The van der Waals surface area contributed by atoms with Gasteiger partial charge in [0.1, 0.15) is 5.54 Å². The van der Waals surface area contributed by atoms with Crippen molar-refractivity contribution in [2.75, 3.05) is 24.5 Å². The minimum absolute atomic E-state index is 0.0385. The minimum Gasteiger partial charge on any atom is -0.355 e. The number of benzene rings is 1. The molecule has 0 unspecified atom stereocenters. The third-order valence-corrected chi connectivity index (χ3v) is 4.04. The van der Waals surface area contributed by atoms with Crippen molar-refractivity contribution >= 4 is 23.2 Å². The molecule has 1 amide bonds. The first kappa shape index (κ1) is 15.1. The van der Waals surface area contributed by atoms with Gasteiger partial charge in [0.25, 0.3) is 0 Å². The Hall–Kier alpha value is -1.26. The van der Waals surface area contributed by atoms with Crippen molar-refractivity contribution in [3.8, 4) is 0 Å². The maximum absolute atomic E-state index is 12.0. The number of nitrogens with one attached hydrogen (secondary N) is 2. The lowest BCUT2D eigenvalue weighted by Gasteiger charge is -2.43. The van der Waals surface area contributed by atoms with E-state index in [0.29, 0.717) is 11.6 Å². The van der Waals surface area contributed by atoms with Crippen LogP contribution >= 0.6 is 11.6 Å². The molecule has 2 rings (SSSR count). The molecule has 0 spiro atoms. The molecule has 0 saturated carbocycles. The van der Waals surface area contributed by atoms with Crippen LogP contribution in [0.25, 0.3) is 0 Å². The molecule has 1 aromatic carbocycles. The number of nitrogens with zero attached hydrogens (tertiary/aromatic N) is 1. The maximum Gasteiger partial charge on any atom is 0.245 e. The van der Waals surface area contributed by atoms with E-state index in [1.165, 1.54) is 0 Å². The second-order valence-corrected chi connectivity index (χ2v) is 5.94. The Balaban J connectivity index is 2.26. The first-order valence-corrected chi connectivity index (χ1v) is 7.39. The molecule has 2 N–H and O–H groups in total. The number of halogens is 1. The fourth-order valence-electron chi connectivity index (χ4n) is 2.47. The van der Waals surface area contributed by atoms with Crippen molar-refractivity contribution in [3.63, 3.8) is 0 Å². The fraction of sp³-hybridized carbons (Fsp3) is 0.533. The van der Waals surface area contributed by atoms with Crippen molar-refractivity contribution in [1.82, 2.24) is 10.6 Å². The summed E-state index contributed by atoms with van der Waals surface area (Å²) >= 11 is 6.42. The van der Waals surface area contributed by atoms with Crippen LogP contribution in [-0.4, -0.2) is 31.1 Å². The van der Waals surface area contributed by atoms with Gasteiger partial charge in [-0.25, -0.2) is 0 Å². The van der Waals surface area contributed by atoms with Gasteiger partial charge in [-0.1, -0.05) is 24.6 Å². The van der Waals surface area contributed by atoms with E-state index >= 15 is 0 Å². The SMILES string of the molecule is CCNCc1ccc(N2CCNC(=O)C2(C)C)c(Cl)c1. The standard InChI is InChI=1S/C15H22ClN3O/c1-4-17-10-11-5-6-13(12(16)9-11)19-8-7-18-14(20)15(19,2)3/h5-6,9,17H,4,7-8,10H2,1-3H3,(H,18,20). The molecule has 0 bridgehead atoms. The number of hydrogen-bond acceptors (Lipinski definition) is 3. The number of anilines is 1. The lowest BCUT2D eigenvalue weighted by molar-refractivity contribution is -0.126. The van der Waals surface area contributed by atoms with Crippen LogP contribution in [0, 0.1) is 0 Å². The third-order valence-electron chi connectivity index (χ3n) is 3.73. The Kier molecular flexibility index (Phi) is 4.55. The monoisotopic (exact) mass is 295 g/mol. The molecule has 110 valence electrons. The summed E-state index contributed by atoms with van der Waals surface area (Å²) in [6, 6.07) is 6.05. The van der Waals surface area contributed by atoms with Gasteiger partial charge in [0, 0.05) is 19.6 Å². The highest BCUT2D eigenvalue weighted by molar-refractivity contribution is 6.33. The zero-order valence-corrected chi connectivity index (χ0v) is 13.0. The summed E-state index contributed by atoms with van der Waals surface area (Å²) in [6.45, 7) is 9.07. The summed E-state index contributed by atoms with van der Waals surface area (Å²) in [5.74, 6) is 0.0385. The van der Waals surface area contributed by atoms with Gasteiger partial charge in [0.05, 0.1) is 10.7 Å². The van der Waals surface area contributed by atoms with Gasteiger partial charge in [0.15, 0.2) is 0 Å². The molecule has 1 aliphatic rings. The highest BCUT2D eigenvalue weighted by Gasteiger charge is 2.38. The average Bonchev–Trinajstić information content (AvgIpc) is 2.40. The number of piperazine rings is 1. The quantitative estimate of drug-likeness (QED) is 0.895. The molecule has 0 aliphatic carbocycles. The van der Waals surface area contributed by atoms with Gasteiger partial charge >= 0.3 is 0 Å². The minimum atomic E-state index is -0.578. The molecule has 0 radical (unpaired) electrons. The molecule has 0 aromatic heterocycles. The Morgan fingerprint density at radius 3 is 2.85 bits per heavy atom. The van der Waals surface area contributed by atoms with Gasteiger partial charge in [0.2, 0.25) is 5.91 Å². The predicted molar refractivity (Wildman–Crippen MR) is 83.3 cm³/mol. The smallest absolute Gasteiger partial charge is 0.245 e. The first-order chi connectivity index (χ1) is 9.46. The number of rotatable bonds is 4. The van der Waals surface area contributed by atoms with Crippen molar-refractivity contribution < 1.29 is 4.79 Å². The normalized spacial score (nSPS) is 18.0. The van der Waals surface area contributed by atoms with E-state index in [9.17, 15) is 4.79 Å². The highest BCUT2D eigenvalue weighted by atomic mass is 35.5. The zero-order chi connectivity index (χ0) is 14.8. The molecule has 5 heteroatoms. The van der Waals surface area contributed by atoms with Crippen LogP contribution in [0.15, 0.2) is 18.2 Å². The number of amides is 1.